The summed E-state index contributed by atoms with van der Waals surface area (Å²) in [6.07, 6.45) is 4.45. The smallest absolute Gasteiger partial charge is 0.244 e. The van der Waals surface area contributed by atoms with Crippen LogP contribution in [-0.2, 0) is 16.0 Å². The Labute approximate surface area is 139 Å². The molecule has 0 saturated carbocycles. The molecule has 0 bridgehead atoms. The molecule has 1 saturated heterocycles. The van der Waals surface area contributed by atoms with E-state index in [-0.39, 0.29) is 11.8 Å². The minimum atomic E-state index is -0.417. The van der Waals surface area contributed by atoms with E-state index < -0.39 is 6.04 Å². The van der Waals surface area contributed by atoms with Crippen molar-refractivity contribution >= 4 is 11.8 Å². The van der Waals surface area contributed by atoms with Crippen LogP contribution in [0.4, 0.5) is 0 Å². The van der Waals surface area contributed by atoms with Gasteiger partial charge in [0.05, 0.1) is 0 Å². The average molecular weight is 316 g/mol. The van der Waals surface area contributed by atoms with Crippen molar-refractivity contribution in [1.29, 1.82) is 0 Å². The van der Waals surface area contributed by atoms with Crippen molar-refractivity contribution in [2.24, 2.45) is 5.92 Å². The number of nitrogens with zero attached hydrogens (tertiary/aromatic N) is 1. The first kappa shape index (κ1) is 17.5. The van der Waals surface area contributed by atoms with Gasteiger partial charge in [-0.3, -0.25) is 9.59 Å². The van der Waals surface area contributed by atoms with E-state index in [1.807, 2.05) is 17.9 Å². The van der Waals surface area contributed by atoms with Crippen molar-refractivity contribution in [3.05, 3.63) is 35.9 Å². The second kappa shape index (κ2) is 8.70. The third-order valence-electron chi connectivity index (χ3n) is 4.52. The number of amides is 2. The van der Waals surface area contributed by atoms with Gasteiger partial charge in [0, 0.05) is 19.5 Å². The van der Waals surface area contributed by atoms with Crippen molar-refractivity contribution in [3.63, 3.8) is 0 Å². The van der Waals surface area contributed by atoms with Gasteiger partial charge in [-0.05, 0) is 44.1 Å². The third-order valence-corrected chi connectivity index (χ3v) is 4.52. The Balaban J connectivity index is 1.77. The normalized spacial score (nSPS) is 16.9. The molecule has 1 aliphatic heterocycles. The zero-order valence-electron chi connectivity index (χ0n) is 14.3. The van der Waals surface area contributed by atoms with Crippen LogP contribution < -0.4 is 5.32 Å². The van der Waals surface area contributed by atoms with Crippen LogP contribution in [0.15, 0.2) is 30.3 Å². The summed E-state index contributed by atoms with van der Waals surface area (Å²) in [5.74, 6) is 0.659. The monoisotopic (exact) mass is 316 g/mol. The molecule has 1 aliphatic rings. The second-order valence-corrected chi connectivity index (χ2v) is 6.50. The molecule has 0 unspecified atom stereocenters. The lowest BCUT2D eigenvalue weighted by Crippen LogP contribution is -2.49. The number of carbonyl (C=O) groups is 2. The van der Waals surface area contributed by atoms with E-state index in [0.717, 1.165) is 38.8 Å². The highest BCUT2D eigenvalue weighted by atomic mass is 16.2. The number of rotatable bonds is 6. The van der Waals surface area contributed by atoms with Gasteiger partial charge in [0.25, 0.3) is 0 Å². The Bertz CT molecular complexity index is 507. The maximum atomic E-state index is 12.4. The predicted octanol–water partition coefficient (Wildman–Crippen LogP) is 2.77. The maximum absolute atomic E-state index is 12.4. The molecule has 2 rings (SSSR count). The molecule has 0 radical (unpaired) electrons. The van der Waals surface area contributed by atoms with Crippen LogP contribution in [0.5, 0.6) is 0 Å². The first-order chi connectivity index (χ1) is 11.1. The predicted molar refractivity (Wildman–Crippen MR) is 92.0 cm³/mol. The summed E-state index contributed by atoms with van der Waals surface area (Å²) in [6.45, 7) is 5.34. The number of nitrogens with one attached hydrogen (secondary N) is 1. The lowest BCUT2D eigenvalue weighted by Gasteiger charge is -2.33. The fourth-order valence-corrected chi connectivity index (χ4v) is 3.18. The van der Waals surface area contributed by atoms with Crippen molar-refractivity contribution in [2.75, 3.05) is 13.1 Å². The zero-order valence-corrected chi connectivity index (χ0v) is 14.3. The Morgan fingerprint density at radius 1 is 1.22 bits per heavy atom. The molecule has 2 amide bonds. The largest absolute Gasteiger partial charge is 0.345 e. The fourth-order valence-electron chi connectivity index (χ4n) is 3.18. The number of benzene rings is 1. The number of carbonyl (C=O) groups excluding carboxylic acids is 2. The molecule has 1 heterocycles. The Morgan fingerprint density at radius 2 is 1.87 bits per heavy atom. The van der Waals surface area contributed by atoms with Gasteiger partial charge in [0.15, 0.2) is 0 Å². The van der Waals surface area contributed by atoms with Crippen molar-refractivity contribution in [1.82, 2.24) is 10.2 Å². The highest BCUT2D eigenvalue weighted by molar-refractivity contribution is 5.87. The summed E-state index contributed by atoms with van der Waals surface area (Å²) < 4.78 is 0. The van der Waals surface area contributed by atoms with E-state index in [4.69, 9.17) is 0 Å². The summed E-state index contributed by atoms with van der Waals surface area (Å²) in [5, 5.41) is 2.80. The van der Waals surface area contributed by atoms with Gasteiger partial charge in [0.2, 0.25) is 11.8 Å². The highest BCUT2D eigenvalue weighted by Crippen LogP contribution is 2.22. The van der Waals surface area contributed by atoms with Gasteiger partial charge >= 0.3 is 0 Å². The fraction of sp³-hybridized carbons (Fsp3) is 0.579. The number of piperidine rings is 1. The first-order valence-corrected chi connectivity index (χ1v) is 8.72. The molecule has 1 atom stereocenters. The molecule has 0 spiro atoms. The Hall–Kier alpha value is -1.84. The van der Waals surface area contributed by atoms with Crippen LogP contribution in [0.3, 0.4) is 0 Å². The number of hydrogen-bond donors (Lipinski definition) is 1. The second-order valence-electron chi connectivity index (χ2n) is 6.50. The number of likely N-dealkylation sites (tertiary alicyclic amines) is 1. The minimum absolute atomic E-state index is 0.0349. The standard InChI is InChI=1S/C19H28N2O2/c1-3-7-18(22)20-15(2)19(23)21-12-10-17(11-13-21)14-16-8-5-4-6-9-16/h4-6,8-9,15,17H,3,7,10-14H2,1-2H3,(H,20,22)/t15-/m1/s1. The van der Waals surface area contributed by atoms with Crippen molar-refractivity contribution in [2.45, 2.75) is 52.0 Å². The summed E-state index contributed by atoms with van der Waals surface area (Å²) in [5.41, 5.74) is 1.37. The minimum Gasteiger partial charge on any atom is -0.345 e. The molecule has 126 valence electrons. The van der Waals surface area contributed by atoms with Crippen LogP contribution in [-0.4, -0.2) is 35.8 Å². The highest BCUT2D eigenvalue weighted by Gasteiger charge is 2.26. The van der Waals surface area contributed by atoms with Crippen LogP contribution in [0.25, 0.3) is 0 Å². The van der Waals surface area contributed by atoms with Gasteiger partial charge in [-0.1, -0.05) is 37.3 Å². The van der Waals surface area contributed by atoms with Gasteiger partial charge < -0.3 is 10.2 Å². The quantitative estimate of drug-likeness (QED) is 0.877. The molecule has 4 nitrogen and oxygen atoms in total. The summed E-state index contributed by atoms with van der Waals surface area (Å²) in [7, 11) is 0. The number of hydrogen-bond acceptors (Lipinski definition) is 2. The molecular weight excluding hydrogens is 288 g/mol. The van der Waals surface area contributed by atoms with Gasteiger partial charge in [-0.25, -0.2) is 0 Å². The molecule has 0 aliphatic carbocycles. The average Bonchev–Trinajstić information content (AvgIpc) is 2.56. The molecule has 0 aromatic heterocycles. The van der Waals surface area contributed by atoms with E-state index in [1.165, 1.54) is 5.56 Å². The van der Waals surface area contributed by atoms with Gasteiger partial charge in [-0.15, -0.1) is 0 Å². The van der Waals surface area contributed by atoms with E-state index in [1.54, 1.807) is 6.92 Å². The van der Waals surface area contributed by atoms with Gasteiger partial charge in [-0.2, -0.15) is 0 Å². The lowest BCUT2D eigenvalue weighted by molar-refractivity contribution is -0.137. The van der Waals surface area contributed by atoms with E-state index >= 15 is 0 Å². The van der Waals surface area contributed by atoms with Crippen molar-refractivity contribution in [3.8, 4) is 0 Å². The maximum Gasteiger partial charge on any atom is 0.244 e. The molecule has 1 aromatic carbocycles. The molecule has 23 heavy (non-hydrogen) atoms. The topological polar surface area (TPSA) is 49.4 Å². The van der Waals surface area contributed by atoms with E-state index in [0.29, 0.717) is 12.3 Å². The van der Waals surface area contributed by atoms with Gasteiger partial charge in [0.1, 0.15) is 6.04 Å². The zero-order chi connectivity index (χ0) is 16.7. The molecular formula is C19H28N2O2. The van der Waals surface area contributed by atoms with Crippen LogP contribution in [0.2, 0.25) is 0 Å². The molecule has 1 N–H and O–H groups in total. The Morgan fingerprint density at radius 3 is 2.48 bits per heavy atom. The molecule has 1 aromatic rings. The molecule has 1 fully saturated rings. The van der Waals surface area contributed by atoms with Crippen LogP contribution in [0.1, 0.15) is 45.1 Å². The summed E-state index contributed by atoms with van der Waals surface area (Å²) in [6, 6.07) is 10.1. The SMILES string of the molecule is CCCC(=O)N[C@H](C)C(=O)N1CCC(Cc2ccccc2)CC1. The van der Waals surface area contributed by atoms with E-state index in [2.05, 4.69) is 29.6 Å². The Kier molecular flexibility index (Phi) is 6.63. The first-order valence-electron chi connectivity index (χ1n) is 8.72. The third kappa shape index (κ3) is 5.38. The van der Waals surface area contributed by atoms with E-state index in [9.17, 15) is 9.59 Å². The lowest BCUT2D eigenvalue weighted by atomic mass is 9.90. The van der Waals surface area contributed by atoms with Crippen LogP contribution in [0, 0.1) is 5.92 Å². The van der Waals surface area contributed by atoms with Crippen molar-refractivity contribution < 1.29 is 9.59 Å². The summed E-state index contributed by atoms with van der Waals surface area (Å²) >= 11 is 0. The van der Waals surface area contributed by atoms with Crippen LogP contribution >= 0.6 is 0 Å². The molecule has 4 heteroatoms. The summed E-state index contributed by atoms with van der Waals surface area (Å²) in [4.78, 5) is 25.9.